The molecule has 2 heterocycles. The molecule has 6 heteroatoms. The predicted octanol–water partition coefficient (Wildman–Crippen LogP) is 2.45. The van der Waals surface area contributed by atoms with E-state index >= 15 is 0 Å². The maximum Gasteiger partial charge on any atom is 0.227 e. The number of nitrogens with zero attached hydrogens (tertiary/aromatic N) is 2. The number of hydrogen-bond acceptors (Lipinski definition) is 3. The van der Waals surface area contributed by atoms with Crippen molar-refractivity contribution < 1.29 is 9.59 Å². The van der Waals surface area contributed by atoms with E-state index in [4.69, 9.17) is 11.6 Å². The number of amides is 2. The van der Waals surface area contributed by atoms with Crippen LogP contribution in [-0.2, 0) is 16.0 Å². The Balaban J connectivity index is 1.52. The van der Waals surface area contributed by atoms with E-state index in [1.165, 1.54) is 0 Å². The van der Waals surface area contributed by atoms with Crippen LogP contribution in [0.25, 0.3) is 0 Å². The van der Waals surface area contributed by atoms with Crippen molar-refractivity contribution >= 4 is 29.1 Å². The van der Waals surface area contributed by atoms with Crippen LogP contribution in [0, 0.1) is 5.92 Å². The number of hydrogen-bond donors (Lipinski definition) is 1. The molecule has 24 heavy (non-hydrogen) atoms. The molecule has 1 aromatic carbocycles. The SMILES string of the molecule is O=C(NCCc1cccc(Cl)c1)C1CC(=O)N(c2cccnc2)C1. The van der Waals surface area contributed by atoms with Crippen molar-refractivity contribution in [1.29, 1.82) is 0 Å². The highest BCUT2D eigenvalue weighted by Gasteiger charge is 2.34. The monoisotopic (exact) mass is 343 g/mol. The Morgan fingerprint density at radius 1 is 1.33 bits per heavy atom. The number of pyridine rings is 1. The first-order chi connectivity index (χ1) is 11.6. The number of benzene rings is 1. The average Bonchev–Trinajstić information content (AvgIpc) is 2.98. The van der Waals surface area contributed by atoms with E-state index in [0.717, 1.165) is 11.3 Å². The summed E-state index contributed by atoms with van der Waals surface area (Å²) in [4.78, 5) is 30.1. The van der Waals surface area contributed by atoms with Crippen LogP contribution in [0.2, 0.25) is 5.02 Å². The lowest BCUT2D eigenvalue weighted by Gasteiger charge is -2.16. The Hall–Kier alpha value is -2.40. The van der Waals surface area contributed by atoms with Gasteiger partial charge in [0.2, 0.25) is 11.8 Å². The van der Waals surface area contributed by atoms with Crippen LogP contribution in [0.5, 0.6) is 0 Å². The normalized spacial score (nSPS) is 17.1. The number of aromatic nitrogens is 1. The van der Waals surface area contributed by atoms with Crippen molar-refractivity contribution in [3.05, 3.63) is 59.4 Å². The molecule has 1 aliphatic rings. The van der Waals surface area contributed by atoms with Gasteiger partial charge in [0.05, 0.1) is 17.8 Å². The largest absolute Gasteiger partial charge is 0.355 e. The second-order valence-corrected chi connectivity index (χ2v) is 6.22. The van der Waals surface area contributed by atoms with Crippen LogP contribution < -0.4 is 10.2 Å². The Bertz CT molecular complexity index is 736. The summed E-state index contributed by atoms with van der Waals surface area (Å²) in [6.45, 7) is 0.921. The van der Waals surface area contributed by atoms with Crippen LogP contribution >= 0.6 is 11.6 Å². The summed E-state index contributed by atoms with van der Waals surface area (Å²) in [5, 5.41) is 3.60. The second kappa shape index (κ2) is 7.45. The molecule has 5 nitrogen and oxygen atoms in total. The molecule has 0 bridgehead atoms. The van der Waals surface area contributed by atoms with Crippen molar-refractivity contribution in [2.75, 3.05) is 18.0 Å². The quantitative estimate of drug-likeness (QED) is 0.907. The van der Waals surface area contributed by atoms with Crippen molar-refractivity contribution in [2.24, 2.45) is 5.92 Å². The molecule has 124 valence electrons. The Morgan fingerprint density at radius 3 is 2.96 bits per heavy atom. The lowest BCUT2D eigenvalue weighted by atomic mass is 10.1. The molecule has 1 saturated heterocycles. The van der Waals surface area contributed by atoms with Gasteiger partial charge in [0.1, 0.15) is 0 Å². The molecule has 0 spiro atoms. The Kier molecular flexibility index (Phi) is 5.11. The van der Waals surface area contributed by atoms with E-state index in [2.05, 4.69) is 10.3 Å². The van der Waals surface area contributed by atoms with E-state index in [9.17, 15) is 9.59 Å². The molecule has 3 rings (SSSR count). The van der Waals surface area contributed by atoms with E-state index in [1.807, 2.05) is 30.3 Å². The molecule has 1 aliphatic heterocycles. The zero-order chi connectivity index (χ0) is 16.9. The van der Waals surface area contributed by atoms with Crippen LogP contribution in [0.4, 0.5) is 5.69 Å². The van der Waals surface area contributed by atoms with Crippen molar-refractivity contribution in [3.8, 4) is 0 Å². The first kappa shape index (κ1) is 16.5. The van der Waals surface area contributed by atoms with Crippen molar-refractivity contribution in [1.82, 2.24) is 10.3 Å². The number of carbonyl (C=O) groups excluding carboxylic acids is 2. The van der Waals surface area contributed by atoms with Gasteiger partial charge in [-0.1, -0.05) is 23.7 Å². The van der Waals surface area contributed by atoms with Crippen molar-refractivity contribution in [3.63, 3.8) is 0 Å². The molecule has 1 fully saturated rings. The summed E-state index contributed by atoms with van der Waals surface area (Å²) in [6.07, 6.45) is 4.23. The minimum Gasteiger partial charge on any atom is -0.355 e. The van der Waals surface area contributed by atoms with Gasteiger partial charge in [-0.25, -0.2) is 0 Å². The molecule has 1 unspecified atom stereocenters. The molecule has 1 atom stereocenters. The third-order valence-corrected chi connectivity index (χ3v) is 4.29. The summed E-state index contributed by atoms with van der Waals surface area (Å²) < 4.78 is 0. The van der Waals surface area contributed by atoms with Gasteiger partial charge in [0, 0.05) is 30.7 Å². The van der Waals surface area contributed by atoms with E-state index in [0.29, 0.717) is 24.5 Å². The topological polar surface area (TPSA) is 62.3 Å². The fourth-order valence-electron chi connectivity index (χ4n) is 2.81. The Labute approximate surface area is 145 Å². The summed E-state index contributed by atoms with van der Waals surface area (Å²) in [6, 6.07) is 11.2. The molecule has 2 amide bonds. The smallest absolute Gasteiger partial charge is 0.227 e. The van der Waals surface area contributed by atoms with Gasteiger partial charge in [-0.15, -0.1) is 0 Å². The lowest BCUT2D eigenvalue weighted by molar-refractivity contribution is -0.126. The third kappa shape index (κ3) is 3.92. The highest BCUT2D eigenvalue weighted by atomic mass is 35.5. The van der Waals surface area contributed by atoms with Crippen LogP contribution in [0.3, 0.4) is 0 Å². The highest BCUT2D eigenvalue weighted by Crippen LogP contribution is 2.24. The number of anilines is 1. The van der Waals surface area contributed by atoms with Gasteiger partial charge < -0.3 is 10.2 Å². The summed E-state index contributed by atoms with van der Waals surface area (Å²) in [7, 11) is 0. The minimum atomic E-state index is -0.322. The zero-order valence-corrected chi connectivity index (χ0v) is 13.9. The van der Waals surface area contributed by atoms with Gasteiger partial charge in [-0.3, -0.25) is 14.6 Å². The van der Waals surface area contributed by atoms with E-state index in [1.54, 1.807) is 23.4 Å². The van der Waals surface area contributed by atoms with Gasteiger partial charge in [-0.2, -0.15) is 0 Å². The molecular weight excluding hydrogens is 326 g/mol. The molecular formula is C18H18ClN3O2. The van der Waals surface area contributed by atoms with Gasteiger partial charge >= 0.3 is 0 Å². The van der Waals surface area contributed by atoms with E-state index in [-0.39, 0.29) is 24.2 Å². The van der Waals surface area contributed by atoms with Crippen LogP contribution in [0.1, 0.15) is 12.0 Å². The van der Waals surface area contributed by atoms with Crippen molar-refractivity contribution in [2.45, 2.75) is 12.8 Å². The fourth-order valence-corrected chi connectivity index (χ4v) is 3.03. The second-order valence-electron chi connectivity index (χ2n) is 5.79. The molecule has 0 saturated carbocycles. The maximum atomic E-state index is 12.3. The standard InChI is InChI=1S/C18H18ClN3O2/c19-15-4-1-3-13(9-15)6-8-21-18(24)14-10-17(23)22(12-14)16-5-2-7-20-11-16/h1-5,7,9,11,14H,6,8,10,12H2,(H,21,24). The molecule has 1 aromatic heterocycles. The number of halogens is 1. The van der Waals surface area contributed by atoms with Gasteiger partial charge in [-0.05, 0) is 36.2 Å². The molecule has 0 aliphatic carbocycles. The van der Waals surface area contributed by atoms with Crippen LogP contribution in [-0.4, -0.2) is 29.9 Å². The molecule has 0 radical (unpaired) electrons. The predicted molar refractivity (Wildman–Crippen MR) is 92.9 cm³/mol. The first-order valence-corrected chi connectivity index (χ1v) is 8.24. The number of rotatable bonds is 5. The first-order valence-electron chi connectivity index (χ1n) is 7.86. The fraction of sp³-hybridized carbons (Fsp3) is 0.278. The minimum absolute atomic E-state index is 0.0435. The summed E-state index contributed by atoms with van der Waals surface area (Å²) >= 11 is 5.94. The average molecular weight is 344 g/mol. The van der Waals surface area contributed by atoms with Gasteiger partial charge in [0.15, 0.2) is 0 Å². The summed E-state index contributed by atoms with van der Waals surface area (Å²) in [5.41, 5.74) is 1.80. The molecule has 1 N–H and O–H groups in total. The third-order valence-electron chi connectivity index (χ3n) is 4.06. The maximum absolute atomic E-state index is 12.3. The number of nitrogens with one attached hydrogen (secondary N) is 1. The lowest BCUT2D eigenvalue weighted by Crippen LogP contribution is -2.34. The van der Waals surface area contributed by atoms with E-state index < -0.39 is 0 Å². The van der Waals surface area contributed by atoms with Crippen LogP contribution in [0.15, 0.2) is 48.8 Å². The number of carbonyl (C=O) groups is 2. The highest BCUT2D eigenvalue weighted by molar-refractivity contribution is 6.30. The van der Waals surface area contributed by atoms with Gasteiger partial charge in [0.25, 0.3) is 0 Å². The molecule has 2 aromatic rings. The zero-order valence-electron chi connectivity index (χ0n) is 13.1. The summed E-state index contributed by atoms with van der Waals surface area (Å²) in [5.74, 6) is -0.452. The Morgan fingerprint density at radius 2 is 2.21 bits per heavy atom.